The van der Waals surface area contributed by atoms with E-state index >= 15 is 0 Å². The van der Waals surface area contributed by atoms with Crippen molar-refractivity contribution in [3.8, 4) is 0 Å². The zero-order valence-electron chi connectivity index (χ0n) is 8.04. The molecule has 0 atom stereocenters. The van der Waals surface area contributed by atoms with Crippen LogP contribution >= 0.6 is 0 Å². The Balaban J connectivity index is 3.71. The predicted molar refractivity (Wildman–Crippen MR) is 52.7 cm³/mol. The van der Waals surface area contributed by atoms with Crippen molar-refractivity contribution >= 4 is 6.21 Å². The van der Waals surface area contributed by atoms with Crippen molar-refractivity contribution in [2.24, 2.45) is 5.16 Å². The van der Waals surface area contributed by atoms with E-state index in [1.807, 2.05) is 13.0 Å². The average molecular weight is 167 g/mol. The molecule has 0 aliphatic carbocycles. The van der Waals surface area contributed by atoms with Gasteiger partial charge in [0.1, 0.15) is 0 Å². The summed E-state index contributed by atoms with van der Waals surface area (Å²) in [6, 6.07) is 0. The largest absolute Gasteiger partial charge is 0.411 e. The van der Waals surface area contributed by atoms with Gasteiger partial charge in [-0.3, -0.25) is 0 Å². The molecule has 0 bridgehead atoms. The lowest BCUT2D eigenvalue weighted by molar-refractivity contribution is 0.322. The summed E-state index contributed by atoms with van der Waals surface area (Å²) >= 11 is 0. The van der Waals surface area contributed by atoms with Gasteiger partial charge in [0.25, 0.3) is 0 Å². The van der Waals surface area contributed by atoms with E-state index in [0.29, 0.717) is 0 Å². The average Bonchev–Trinajstić information content (AvgIpc) is 2.00. The van der Waals surface area contributed by atoms with Crippen molar-refractivity contribution in [2.45, 2.75) is 33.6 Å². The molecule has 0 saturated carbocycles. The summed E-state index contributed by atoms with van der Waals surface area (Å²) in [7, 11) is 0. The quantitative estimate of drug-likeness (QED) is 0.296. The molecule has 0 aromatic rings. The summed E-state index contributed by atoms with van der Waals surface area (Å²) in [4.78, 5) is 0. The molecule has 0 unspecified atom stereocenters. The molecule has 0 heterocycles. The number of oxime groups is 1. The Morgan fingerprint density at radius 2 is 2.00 bits per heavy atom. The van der Waals surface area contributed by atoms with Gasteiger partial charge in [-0.1, -0.05) is 22.4 Å². The van der Waals surface area contributed by atoms with Crippen LogP contribution in [0.5, 0.6) is 0 Å². The lowest BCUT2D eigenvalue weighted by atomic mass is 10.1. The van der Waals surface area contributed by atoms with Crippen LogP contribution in [0, 0.1) is 0 Å². The summed E-state index contributed by atoms with van der Waals surface area (Å²) in [6.45, 7) is 6.21. The van der Waals surface area contributed by atoms with E-state index in [2.05, 4.69) is 25.1 Å². The molecule has 0 aromatic heterocycles. The molecular formula is C10H17NO. The SMILES string of the molecule is CC(C)=CCC/C(C)=C/C=N/O. The molecule has 2 nitrogen and oxygen atoms in total. The minimum Gasteiger partial charge on any atom is -0.411 e. The van der Waals surface area contributed by atoms with Gasteiger partial charge >= 0.3 is 0 Å². The smallest absolute Gasteiger partial charge is 0.0660 e. The molecular weight excluding hydrogens is 150 g/mol. The van der Waals surface area contributed by atoms with Gasteiger partial charge in [-0.2, -0.15) is 0 Å². The van der Waals surface area contributed by atoms with Gasteiger partial charge in [0, 0.05) is 0 Å². The Morgan fingerprint density at radius 3 is 2.50 bits per heavy atom. The minimum absolute atomic E-state index is 1.02. The predicted octanol–water partition coefficient (Wildman–Crippen LogP) is 3.14. The van der Waals surface area contributed by atoms with Gasteiger partial charge in [0.2, 0.25) is 0 Å². The van der Waals surface area contributed by atoms with E-state index in [4.69, 9.17) is 5.21 Å². The minimum atomic E-state index is 1.02. The Labute approximate surface area is 74.3 Å². The number of hydrogen-bond acceptors (Lipinski definition) is 2. The first kappa shape index (κ1) is 11.0. The van der Waals surface area contributed by atoms with Crippen LogP contribution in [0.15, 0.2) is 28.5 Å². The van der Waals surface area contributed by atoms with Gasteiger partial charge in [-0.05, 0) is 39.7 Å². The number of hydrogen-bond donors (Lipinski definition) is 1. The zero-order valence-corrected chi connectivity index (χ0v) is 8.04. The second-order valence-electron chi connectivity index (χ2n) is 3.10. The molecule has 0 spiro atoms. The molecule has 68 valence electrons. The van der Waals surface area contributed by atoms with Crippen LogP contribution in [-0.2, 0) is 0 Å². The summed E-state index contributed by atoms with van der Waals surface area (Å²) in [5.74, 6) is 0. The van der Waals surface area contributed by atoms with Crippen molar-refractivity contribution in [3.05, 3.63) is 23.3 Å². The highest BCUT2D eigenvalue weighted by molar-refractivity contribution is 5.71. The molecule has 0 fully saturated rings. The Hall–Kier alpha value is -1.05. The summed E-state index contributed by atoms with van der Waals surface area (Å²) < 4.78 is 0. The van der Waals surface area contributed by atoms with Crippen LogP contribution in [0.2, 0.25) is 0 Å². The van der Waals surface area contributed by atoms with Gasteiger partial charge in [0.15, 0.2) is 0 Å². The molecule has 0 rings (SSSR count). The van der Waals surface area contributed by atoms with E-state index in [1.165, 1.54) is 17.4 Å². The van der Waals surface area contributed by atoms with Crippen LogP contribution in [-0.4, -0.2) is 11.4 Å². The van der Waals surface area contributed by atoms with Crippen LogP contribution in [0.1, 0.15) is 33.6 Å². The molecule has 2 heteroatoms. The van der Waals surface area contributed by atoms with Crippen molar-refractivity contribution in [1.82, 2.24) is 0 Å². The molecule has 0 amide bonds. The fraction of sp³-hybridized carbons (Fsp3) is 0.500. The maximum Gasteiger partial charge on any atom is 0.0660 e. The normalized spacial score (nSPS) is 12.1. The fourth-order valence-corrected chi connectivity index (χ4v) is 0.832. The molecule has 0 radical (unpaired) electrons. The first-order valence-electron chi connectivity index (χ1n) is 4.13. The van der Waals surface area contributed by atoms with Gasteiger partial charge in [-0.15, -0.1) is 0 Å². The summed E-state index contributed by atoms with van der Waals surface area (Å²) in [5.41, 5.74) is 2.57. The molecule has 12 heavy (non-hydrogen) atoms. The van der Waals surface area contributed by atoms with Crippen molar-refractivity contribution in [3.63, 3.8) is 0 Å². The monoisotopic (exact) mass is 167 g/mol. The fourth-order valence-electron chi connectivity index (χ4n) is 0.832. The third kappa shape index (κ3) is 7.06. The summed E-state index contributed by atoms with van der Waals surface area (Å²) in [6.07, 6.45) is 7.51. The topological polar surface area (TPSA) is 32.6 Å². The van der Waals surface area contributed by atoms with Crippen LogP contribution in [0.25, 0.3) is 0 Å². The Bertz CT molecular complexity index is 198. The highest BCUT2D eigenvalue weighted by Gasteiger charge is 1.86. The Morgan fingerprint density at radius 1 is 1.33 bits per heavy atom. The third-order valence-electron chi connectivity index (χ3n) is 1.52. The molecule has 0 saturated heterocycles. The van der Waals surface area contributed by atoms with Crippen LogP contribution in [0.4, 0.5) is 0 Å². The molecule has 0 aliphatic rings. The maximum absolute atomic E-state index is 8.14. The van der Waals surface area contributed by atoms with E-state index in [9.17, 15) is 0 Å². The van der Waals surface area contributed by atoms with Crippen LogP contribution < -0.4 is 0 Å². The zero-order chi connectivity index (χ0) is 9.40. The molecule has 1 N–H and O–H groups in total. The molecule has 0 aliphatic heterocycles. The summed E-state index contributed by atoms with van der Waals surface area (Å²) in [5, 5.41) is 11.0. The highest BCUT2D eigenvalue weighted by Crippen LogP contribution is 2.05. The van der Waals surface area contributed by atoms with Crippen molar-refractivity contribution in [2.75, 3.05) is 0 Å². The standard InChI is InChI=1S/C10H17NO/c1-9(2)5-4-6-10(3)7-8-11-12/h5,7-8,12H,4,6H2,1-3H3/b10-7+,11-8+. The van der Waals surface area contributed by atoms with E-state index < -0.39 is 0 Å². The van der Waals surface area contributed by atoms with Gasteiger partial charge in [-0.25, -0.2) is 0 Å². The van der Waals surface area contributed by atoms with Crippen molar-refractivity contribution < 1.29 is 5.21 Å². The lowest BCUT2D eigenvalue weighted by Crippen LogP contribution is -1.78. The molecule has 0 aromatic carbocycles. The van der Waals surface area contributed by atoms with E-state index in [1.54, 1.807) is 0 Å². The van der Waals surface area contributed by atoms with Crippen LogP contribution in [0.3, 0.4) is 0 Å². The van der Waals surface area contributed by atoms with E-state index in [0.717, 1.165) is 12.8 Å². The lowest BCUT2D eigenvalue weighted by Gasteiger charge is -1.95. The second-order valence-corrected chi connectivity index (χ2v) is 3.10. The van der Waals surface area contributed by atoms with E-state index in [-0.39, 0.29) is 0 Å². The number of allylic oxidation sites excluding steroid dienone is 4. The number of nitrogens with zero attached hydrogens (tertiary/aromatic N) is 1. The van der Waals surface area contributed by atoms with Crippen molar-refractivity contribution in [1.29, 1.82) is 0 Å². The van der Waals surface area contributed by atoms with Gasteiger partial charge < -0.3 is 5.21 Å². The first-order chi connectivity index (χ1) is 5.66. The van der Waals surface area contributed by atoms with Gasteiger partial charge in [0.05, 0.1) is 6.21 Å². The second kappa shape index (κ2) is 6.65. The highest BCUT2D eigenvalue weighted by atomic mass is 16.4. The Kier molecular flexibility index (Phi) is 6.07. The number of rotatable bonds is 4. The maximum atomic E-state index is 8.14. The first-order valence-corrected chi connectivity index (χ1v) is 4.13. The third-order valence-corrected chi connectivity index (χ3v) is 1.52.